The molecule has 9 heteroatoms. The van der Waals surface area contributed by atoms with Crippen molar-refractivity contribution in [2.75, 3.05) is 11.9 Å². The molecule has 0 saturated heterocycles. The highest BCUT2D eigenvalue weighted by Crippen LogP contribution is 2.30. The molecule has 0 spiro atoms. The largest absolute Gasteiger partial charge is 0.376 e. The second kappa shape index (κ2) is 6.73. The van der Waals surface area contributed by atoms with E-state index in [1.54, 1.807) is 17.1 Å². The normalized spacial score (nSPS) is 22.5. The van der Waals surface area contributed by atoms with Gasteiger partial charge in [-0.3, -0.25) is 4.79 Å². The summed E-state index contributed by atoms with van der Waals surface area (Å²) < 4.78 is 7.11. The number of nitrogens with zero attached hydrogens (tertiary/aromatic N) is 5. The molecule has 2 N–H and O–H groups in total. The van der Waals surface area contributed by atoms with Crippen LogP contribution in [0.25, 0.3) is 11.2 Å². The summed E-state index contributed by atoms with van der Waals surface area (Å²) in [6, 6.07) is 2.16. The molecule has 0 aromatic carbocycles. The molecule has 0 bridgehead atoms. The Labute approximate surface area is 155 Å². The van der Waals surface area contributed by atoms with Crippen LogP contribution in [0.1, 0.15) is 43.0 Å². The Morgan fingerprint density at radius 2 is 2.07 bits per heavy atom. The van der Waals surface area contributed by atoms with Crippen molar-refractivity contribution in [3.05, 3.63) is 40.3 Å². The van der Waals surface area contributed by atoms with Crippen molar-refractivity contribution in [3.8, 4) is 0 Å². The van der Waals surface area contributed by atoms with Gasteiger partial charge in [0.25, 0.3) is 5.56 Å². The third-order valence-corrected chi connectivity index (χ3v) is 5.47. The summed E-state index contributed by atoms with van der Waals surface area (Å²) in [5.74, 6) is 0.782. The number of hydrogen-bond acceptors (Lipinski definition) is 7. The minimum absolute atomic E-state index is 0.0226. The number of aromatic nitrogens is 6. The van der Waals surface area contributed by atoms with E-state index < -0.39 is 0 Å². The summed E-state index contributed by atoms with van der Waals surface area (Å²) in [4.78, 5) is 28.2. The van der Waals surface area contributed by atoms with Gasteiger partial charge in [0.2, 0.25) is 0 Å². The fraction of sp³-hybridized carbons (Fsp3) is 0.500. The number of ether oxygens (including phenoxy) is 1. The van der Waals surface area contributed by atoms with E-state index in [0.717, 1.165) is 54.7 Å². The van der Waals surface area contributed by atoms with Crippen LogP contribution in [-0.2, 0) is 17.8 Å². The number of hydrogen-bond donors (Lipinski definition) is 2. The zero-order chi connectivity index (χ0) is 18.2. The molecule has 4 heterocycles. The average Bonchev–Trinajstić information content (AvgIpc) is 3.18. The van der Waals surface area contributed by atoms with E-state index >= 15 is 0 Å². The predicted octanol–water partition coefficient (Wildman–Crippen LogP) is 1.58. The maximum Gasteiger partial charge on any atom is 0.267 e. The zero-order valence-corrected chi connectivity index (χ0v) is 14.9. The molecule has 0 unspecified atom stereocenters. The van der Waals surface area contributed by atoms with Gasteiger partial charge in [0, 0.05) is 24.1 Å². The monoisotopic (exact) mass is 367 g/mol. The third kappa shape index (κ3) is 3.08. The lowest BCUT2D eigenvalue weighted by Gasteiger charge is -2.30. The number of imidazole rings is 1. The summed E-state index contributed by atoms with van der Waals surface area (Å²) in [6.07, 6.45) is 7.67. The second-order valence-corrected chi connectivity index (χ2v) is 7.17. The van der Waals surface area contributed by atoms with E-state index in [-0.39, 0.29) is 11.6 Å². The maximum atomic E-state index is 12.5. The molecule has 3 aromatic heterocycles. The molecule has 0 radical (unpaired) electrons. The standard InChI is InChI=1S/C18H21N7O2/c26-15-7-11-8-27-6-5-14(11)24-25(15)13-3-1-12(2-4-13)23-18-16-17(20-9-19-16)21-10-22-18/h7,9-10,12-13H,1-6,8H2,(H2,19,20,21,22,23). The minimum atomic E-state index is -0.0226. The molecule has 1 fully saturated rings. The zero-order valence-electron chi connectivity index (χ0n) is 14.9. The first-order valence-electron chi connectivity index (χ1n) is 9.38. The Morgan fingerprint density at radius 1 is 1.19 bits per heavy atom. The van der Waals surface area contributed by atoms with Crippen LogP contribution in [-0.4, -0.2) is 42.4 Å². The van der Waals surface area contributed by atoms with Gasteiger partial charge in [-0.25, -0.2) is 19.6 Å². The van der Waals surface area contributed by atoms with E-state index in [9.17, 15) is 4.79 Å². The highest BCUT2D eigenvalue weighted by molar-refractivity contribution is 5.82. The minimum Gasteiger partial charge on any atom is -0.376 e. The Hall–Kier alpha value is -2.81. The van der Waals surface area contributed by atoms with Gasteiger partial charge in [0.05, 0.1) is 31.3 Å². The molecule has 140 valence electrons. The molecule has 3 aromatic rings. The van der Waals surface area contributed by atoms with Crippen molar-refractivity contribution < 1.29 is 4.74 Å². The van der Waals surface area contributed by atoms with Crippen molar-refractivity contribution in [2.24, 2.45) is 0 Å². The molecule has 1 saturated carbocycles. The third-order valence-electron chi connectivity index (χ3n) is 5.47. The van der Waals surface area contributed by atoms with Gasteiger partial charge in [-0.15, -0.1) is 0 Å². The van der Waals surface area contributed by atoms with Crippen molar-refractivity contribution in [1.29, 1.82) is 0 Å². The van der Waals surface area contributed by atoms with Crippen LogP contribution in [0.3, 0.4) is 0 Å². The van der Waals surface area contributed by atoms with Crippen LogP contribution in [0.4, 0.5) is 5.82 Å². The summed E-state index contributed by atoms with van der Waals surface area (Å²) in [6.45, 7) is 1.17. The van der Waals surface area contributed by atoms with Crippen LogP contribution in [0.5, 0.6) is 0 Å². The molecule has 5 rings (SSSR count). The number of nitrogens with one attached hydrogen (secondary N) is 2. The Kier molecular flexibility index (Phi) is 4.08. The molecule has 0 atom stereocenters. The molecule has 9 nitrogen and oxygen atoms in total. The van der Waals surface area contributed by atoms with Gasteiger partial charge in [0.1, 0.15) is 11.8 Å². The van der Waals surface area contributed by atoms with Crippen molar-refractivity contribution in [2.45, 2.75) is 50.8 Å². The molecule has 0 amide bonds. The Balaban J connectivity index is 1.29. The van der Waals surface area contributed by atoms with Gasteiger partial charge in [-0.2, -0.15) is 5.10 Å². The van der Waals surface area contributed by atoms with Gasteiger partial charge in [-0.1, -0.05) is 0 Å². The summed E-state index contributed by atoms with van der Waals surface area (Å²) in [5, 5.41) is 8.15. The first-order valence-corrected chi connectivity index (χ1v) is 9.38. The van der Waals surface area contributed by atoms with Crippen LogP contribution < -0.4 is 10.9 Å². The number of aromatic amines is 1. The predicted molar refractivity (Wildman–Crippen MR) is 98.5 cm³/mol. The maximum absolute atomic E-state index is 12.5. The lowest BCUT2D eigenvalue weighted by atomic mass is 9.91. The fourth-order valence-corrected chi connectivity index (χ4v) is 4.02. The van der Waals surface area contributed by atoms with E-state index in [0.29, 0.717) is 24.9 Å². The summed E-state index contributed by atoms with van der Waals surface area (Å²) in [5.41, 5.74) is 3.41. The molecule has 27 heavy (non-hydrogen) atoms. The summed E-state index contributed by atoms with van der Waals surface area (Å²) >= 11 is 0. The first kappa shape index (κ1) is 16.4. The number of rotatable bonds is 3. The van der Waals surface area contributed by atoms with E-state index in [1.165, 1.54) is 6.33 Å². The van der Waals surface area contributed by atoms with Crippen LogP contribution >= 0.6 is 0 Å². The lowest BCUT2D eigenvalue weighted by Crippen LogP contribution is -2.35. The quantitative estimate of drug-likeness (QED) is 0.723. The van der Waals surface area contributed by atoms with Crippen LogP contribution in [0, 0.1) is 0 Å². The van der Waals surface area contributed by atoms with Gasteiger partial charge >= 0.3 is 0 Å². The molecular formula is C18H21N7O2. The Bertz CT molecular complexity index is 1020. The van der Waals surface area contributed by atoms with E-state index in [2.05, 4.69) is 30.4 Å². The first-order chi connectivity index (χ1) is 13.3. The van der Waals surface area contributed by atoms with Crippen molar-refractivity contribution in [3.63, 3.8) is 0 Å². The molecule has 1 aliphatic heterocycles. The highest BCUT2D eigenvalue weighted by atomic mass is 16.5. The van der Waals surface area contributed by atoms with E-state index in [4.69, 9.17) is 4.74 Å². The number of anilines is 1. The highest BCUT2D eigenvalue weighted by Gasteiger charge is 2.26. The van der Waals surface area contributed by atoms with Crippen LogP contribution in [0.15, 0.2) is 23.5 Å². The van der Waals surface area contributed by atoms with Gasteiger partial charge in [0.15, 0.2) is 11.5 Å². The fourth-order valence-electron chi connectivity index (χ4n) is 4.02. The SMILES string of the molecule is O=c1cc2c(nn1C1CCC(Nc3ncnc4nc[nH]c34)CC1)CCOC2. The molecule has 2 aliphatic rings. The van der Waals surface area contributed by atoms with E-state index in [1.807, 2.05) is 0 Å². The lowest BCUT2D eigenvalue weighted by molar-refractivity contribution is 0.107. The smallest absolute Gasteiger partial charge is 0.267 e. The van der Waals surface area contributed by atoms with Crippen molar-refractivity contribution >= 4 is 17.0 Å². The average molecular weight is 367 g/mol. The second-order valence-electron chi connectivity index (χ2n) is 7.17. The Morgan fingerprint density at radius 3 is 2.96 bits per heavy atom. The van der Waals surface area contributed by atoms with Gasteiger partial charge < -0.3 is 15.0 Å². The number of H-pyrrole nitrogens is 1. The van der Waals surface area contributed by atoms with Crippen LogP contribution in [0.2, 0.25) is 0 Å². The topological polar surface area (TPSA) is 111 Å². The van der Waals surface area contributed by atoms with Gasteiger partial charge in [-0.05, 0) is 25.7 Å². The molecule has 1 aliphatic carbocycles. The molecular weight excluding hydrogens is 346 g/mol. The van der Waals surface area contributed by atoms with Crippen molar-refractivity contribution in [1.82, 2.24) is 29.7 Å². The summed E-state index contributed by atoms with van der Waals surface area (Å²) in [7, 11) is 0. The number of fused-ring (bicyclic) bond motifs is 2.